The van der Waals surface area contributed by atoms with Crippen LogP contribution >= 0.6 is 22.7 Å². The Morgan fingerprint density at radius 3 is 1.31 bits per heavy atom. The van der Waals surface area contributed by atoms with Crippen molar-refractivity contribution in [1.29, 1.82) is 0 Å². The summed E-state index contributed by atoms with van der Waals surface area (Å²) in [6.45, 7) is 44.5. The fraction of sp³-hybridized carbons (Fsp3) is 0.275. The summed E-state index contributed by atoms with van der Waals surface area (Å²) >= 11 is 3.76. The summed E-state index contributed by atoms with van der Waals surface area (Å²) in [6, 6.07) is 79.4. The van der Waals surface area contributed by atoms with E-state index in [1.54, 1.807) is 0 Å². The molecule has 0 spiro atoms. The van der Waals surface area contributed by atoms with Crippen LogP contribution < -0.4 is 0 Å². The van der Waals surface area contributed by atoms with Gasteiger partial charge in [-0.1, -0.05) is 282 Å². The van der Waals surface area contributed by atoms with E-state index < -0.39 is 0 Å². The summed E-state index contributed by atoms with van der Waals surface area (Å²) in [5.74, 6) is 1.86. The molecule has 15 aromatic rings. The minimum Gasteiger partial charge on any atom is -0.456 e. The molecule has 95 heavy (non-hydrogen) atoms. The first-order valence-electron chi connectivity index (χ1n) is 34.0. The highest BCUT2D eigenvalue weighted by molar-refractivity contribution is 7.26. The molecule has 0 N–H and O–H groups in total. The van der Waals surface area contributed by atoms with Gasteiger partial charge in [-0.3, -0.25) is 0 Å². The molecule has 0 atom stereocenters. The molecule has 0 saturated heterocycles. The van der Waals surface area contributed by atoms with Crippen molar-refractivity contribution in [1.82, 2.24) is 0 Å². The minimum atomic E-state index is 0.241. The van der Waals surface area contributed by atoms with Gasteiger partial charge < -0.3 is 8.83 Å². The second kappa shape index (κ2) is 30.9. The molecular formula is C91H100O2S2. The summed E-state index contributed by atoms with van der Waals surface area (Å²) in [5.41, 5.74) is 22.5. The number of furan rings is 2. The number of fused-ring (bicyclic) bond motifs is 12. The van der Waals surface area contributed by atoms with Crippen LogP contribution in [0.15, 0.2) is 233 Å². The fourth-order valence-electron chi connectivity index (χ4n) is 12.3. The zero-order chi connectivity index (χ0) is 68.5. The summed E-state index contributed by atoms with van der Waals surface area (Å²) in [5, 5.41) is 10.4. The van der Waals surface area contributed by atoms with Crippen LogP contribution in [0.3, 0.4) is 0 Å². The molecule has 0 unspecified atom stereocenters. The van der Waals surface area contributed by atoms with E-state index in [1.165, 1.54) is 134 Å². The Hall–Kier alpha value is -8.54. The van der Waals surface area contributed by atoms with Gasteiger partial charge in [0.1, 0.15) is 22.3 Å². The van der Waals surface area contributed by atoms with Crippen molar-refractivity contribution in [2.45, 2.75) is 167 Å². The number of thiophene rings is 2. The predicted octanol–water partition coefficient (Wildman–Crippen LogP) is 28.8. The maximum Gasteiger partial charge on any atom is 0.138 e. The molecule has 0 aliphatic rings. The van der Waals surface area contributed by atoms with Gasteiger partial charge in [0.05, 0.1) is 0 Å². The van der Waals surface area contributed by atoms with Crippen molar-refractivity contribution < 1.29 is 8.83 Å². The van der Waals surface area contributed by atoms with Gasteiger partial charge in [0.25, 0.3) is 0 Å². The molecule has 15 rings (SSSR count). The monoisotopic (exact) mass is 1290 g/mol. The molecule has 4 heteroatoms. The van der Waals surface area contributed by atoms with Crippen LogP contribution in [-0.4, -0.2) is 0 Å². The molecular weight excluding hydrogens is 1190 g/mol. The largest absolute Gasteiger partial charge is 0.456 e. The number of hydrogen-bond donors (Lipinski definition) is 0. The molecule has 0 aliphatic heterocycles. The highest BCUT2D eigenvalue weighted by Gasteiger charge is 2.21. The highest BCUT2D eigenvalue weighted by Crippen LogP contribution is 2.38. The topological polar surface area (TPSA) is 26.3 Å². The van der Waals surface area contributed by atoms with E-state index in [-0.39, 0.29) is 10.8 Å². The van der Waals surface area contributed by atoms with Crippen molar-refractivity contribution >= 4 is 107 Å². The minimum absolute atomic E-state index is 0.241. The molecule has 0 aliphatic carbocycles. The van der Waals surface area contributed by atoms with Crippen LogP contribution in [0, 0.1) is 55.4 Å². The van der Waals surface area contributed by atoms with E-state index in [4.69, 9.17) is 8.83 Å². The third kappa shape index (κ3) is 17.5. The van der Waals surface area contributed by atoms with E-state index >= 15 is 0 Å². The van der Waals surface area contributed by atoms with Crippen molar-refractivity contribution in [3.8, 4) is 0 Å². The SMILES string of the molecule is Cc1c(C(C)C)cc(C(C)C)cc1C(C)C.Cc1ccc(C(C)(C)C)cc1C(C)(C)C.Cc1ccc(C)cc1.Cc1ccc2c(c1)oc1ccccc12.Cc1ccc2c(c1)sc1ccccc12.Cc1cccc2c1oc1ccccc12.Cc1cccc2c1sc1ccccc12. The Kier molecular flexibility index (Phi) is 23.0. The zero-order valence-electron chi connectivity index (χ0n) is 60.2. The molecule has 2 nitrogen and oxygen atoms in total. The maximum atomic E-state index is 5.78. The van der Waals surface area contributed by atoms with Gasteiger partial charge in [-0.2, -0.15) is 0 Å². The van der Waals surface area contributed by atoms with Crippen molar-refractivity contribution in [3.63, 3.8) is 0 Å². The predicted molar refractivity (Wildman–Crippen MR) is 423 cm³/mol. The quantitative estimate of drug-likeness (QED) is 0.176. The molecule has 4 aromatic heterocycles. The molecule has 0 saturated carbocycles. The van der Waals surface area contributed by atoms with Gasteiger partial charge in [0.2, 0.25) is 0 Å². The van der Waals surface area contributed by atoms with E-state index in [0.29, 0.717) is 17.8 Å². The van der Waals surface area contributed by atoms with Crippen LogP contribution in [0.2, 0.25) is 0 Å². The van der Waals surface area contributed by atoms with Crippen molar-refractivity contribution in [2.75, 3.05) is 0 Å². The summed E-state index contributed by atoms with van der Waals surface area (Å²) < 4.78 is 17.1. The van der Waals surface area contributed by atoms with Gasteiger partial charge in [-0.05, 0) is 182 Å². The number of hydrogen-bond acceptors (Lipinski definition) is 4. The van der Waals surface area contributed by atoms with E-state index in [2.05, 4.69) is 327 Å². The second-order valence-electron chi connectivity index (χ2n) is 28.8. The average molecular weight is 1290 g/mol. The van der Waals surface area contributed by atoms with Crippen LogP contribution in [0.5, 0.6) is 0 Å². The lowest BCUT2D eigenvalue weighted by Gasteiger charge is -2.26. The Morgan fingerprint density at radius 1 is 0.305 bits per heavy atom. The molecule has 488 valence electrons. The highest BCUT2D eigenvalue weighted by atomic mass is 32.1. The van der Waals surface area contributed by atoms with Crippen LogP contribution in [0.1, 0.15) is 173 Å². The van der Waals surface area contributed by atoms with Gasteiger partial charge in [0.15, 0.2) is 0 Å². The normalized spacial score (nSPS) is 11.4. The third-order valence-electron chi connectivity index (χ3n) is 17.8. The Labute approximate surface area is 575 Å². The van der Waals surface area contributed by atoms with Gasteiger partial charge in [0, 0.05) is 61.9 Å². The first-order chi connectivity index (χ1) is 45.2. The zero-order valence-corrected chi connectivity index (χ0v) is 61.9. The summed E-state index contributed by atoms with van der Waals surface area (Å²) in [7, 11) is 0. The number of aryl methyl sites for hydroxylation is 7. The van der Waals surface area contributed by atoms with Crippen molar-refractivity contribution in [2.24, 2.45) is 0 Å². The first-order valence-corrected chi connectivity index (χ1v) is 35.6. The van der Waals surface area contributed by atoms with Gasteiger partial charge in [-0.25, -0.2) is 0 Å². The van der Waals surface area contributed by atoms with Gasteiger partial charge >= 0.3 is 0 Å². The lowest BCUT2D eigenvalue weighted by atomic mass is 9.79. The fourth-order valence-corrected chi connectivity index (χ4v) is 14.7. The summed E-state index contributed by atoms with van der Waals surface area (Å²) in [6.07, 6.45) is 0. The Morgan fingerprint density at radius 2 is 0.747 bits per heavy atom. The lowest BCUT2D eigenvalue weighted by molar-refractivity contribution is 0.566. The van der Waals surface area contributed by atoms with Gasteiger partial charge in [-0.15, -0.1) is 22.7 Å². The average Bonchev–Trinajstić information content (AvgIpc) is 1.70. The second-order valence-corrected chi connectivity index (χ2v) is 30.9. The number of benzene rings is 11. The molecule has 4 heterocycles. The first kappa shape index (κ1) is 70.8. The maximum absolute atomic E-state index is 5.78. The van der Waals surface area contributed by atoms with Crippen LogP contribution in [-0.2, 0) is 10.8 Å². The van der Waals surface area contributed by atoms with Crippen LogP contribution in [0.4, 0.5) is 0 Å². The summed E-state index contributed by atoms with van der Waals surface area (Å²) in [4.78, 5) is 0. The standard InChI is InChI=1S/C16H26.C15H24.2C13H10O.2C13H10S.C8H10/c1-10(2)14-8-15(11(3)4)13(7)16(9-14)12(5)6;1-11-8-9-12(14(2,3)4)10-13(11)15(5,6)7;1-9-5-4-7-11-10-6-2-3-8-12(10)14-13(9)11;1-9-6-7-11-10-4-2-3-5-12(10)14-13(11)8-9;1-9-5-4-7-11-10-6-2-3-8-12(10)14-13(9)11;1-9-6-7-11-10-4-2-3-5-12(10)14-13(11)8-9;1-7-3-5-8(2)6-4-7/h8-12H,1-7H3;8-10H,1-7H3;4*2-8H,1H3;3-6H,1-2H3. The van der Waals surface area contributed by atoms with Crippen LogP contribution in [0.25, 0.3) is 84.2 Å². The molecule has 0 bridgehead atoms. The molecule has 0 fully saturated rings. The molecule has 0 amide bonds. The van der Waals surface area contributed by atoms with E-state index in [1.807, 2.05) is 59.1 Å². The Bertz CT molecular complexity index is 4760. The van der Waals surface area contributed by atoms with E-state index in [9.17, 15) is 0 Å². The Balaban J connectivity index is 0.000000131. The number of para-hydroxylation sites is 3. The lowest BCUT2D eigenvalue weighted by Crippen LogP contribution is -2.17. The molecule has 11 aromatic carbocycles. The smallest absolute Gasteiger partial charge is 0.138 e. The molecule has 0 radical (unpaired) electrons. The van der Waals surface area contributed by atoms with Crippen molar-refractivity contribution in [3.05, 3.63) is 297 Å². The van der Waals surface area contributed by atoms with E-state index in [0.717, 1.165) is 22.3 Å². The number of rotatable bonds is 3. The third-order valence-corrected chi connectivity index (χ3v) is 20.3.